The summed E-state index contributed by atoms with van der Waals surface area (Å²) in [5.74, 6) is -0.333. The predicted octanol–water partition coefficient (Wildman–Crippen LogP) is 2.46. The quantitative estimate of drug-likeness (QED) is 0.771. The molecule has 94 valence electrons. The molecule has 0 spiro atoms. The van der Waals surface area contributed by atoms with E-state index in [1.54, 1.807) is 0 Å². The first-order chi connectivity index (χ1) is 8.15. The van der Waals surface area contributed by atoms with E-state index in [9.17, 15) is 4.79 Å². The number of carbonyl (C=O) groups is 1. The third-order valence-corrected chi connectivity index (χ3v) is 2.84. The molecule has 0 fully saturated rings. The first-order valence-corrected chi connectivity index (χ1v) is 6.03. The molecule has 0 heterocycles. The van der Waals surface area contributed by atoms with Crippen molar-refractivity contribution in [1.29, 1.82) is 0 Å². The van der Waals surface area contributed by atoms with E-state index >= 15 is 0 Å². The van der Waals surface area contributed by atoms with Crippen molar-refractivity contribution in [3.63, 3.8) is 0 Å². The largest absolute Gasteiger partial charge is 0.469 e. The van der Waals surface area contributed by atoms with Crippen LogP contribution >= 0.6 is 0 Å². The van der Waals surface area contributed by atoms with Gasteiger partial charge >= 0.3 is 5.97 Å². The molecule has 0 bridgehead atoms. The maximum atomic E-state index is 11.7. The van der Waals surface area contributed by atoms with Crippen LogP contribution in [0, 0.1) is 0 Å². The van der Waals surface area contributed by atoms with Crippen molar-refractivity contribution in [3.05, 3.63) is 35.9 Å². The van der Waals surface area contributed by atoms with Gasteiger partial charge in [-0.15, -0.1) is 0 Å². The van der Waals surface area contributed by atoms with Gasteiger partial charge in [0, 0.05) is 6.04 Å². The van der Waals surface area contributed by atoms with Crippen LogP contribution in [0.5, 0.6) is 0 Å². The number of benzene rings is 1. The second-order valence-corrected chi connectivity index (χ2v) is 4.39. The Kier molecular flexibility index (Phi) is 5.70. The SMILES string of the molecule is COC(=O)C(CCCC(C)N)c1ccccc1. The molecule has 1 aromatic rings. The van der Waals surface area contributed by atoms with Crippen LogP contribution in [0.25, 0.3) is 0 Å². The molecule has 0 aliphatic carbocycles. The highest BCUT2D eigenvalue weighted by molar-refractivity contribution is 5.77. The Morgan fingerprint density at radius 2 is 1.94 bits per heavy atom. The number of ether oxygens (including phenoxy) is 1. The first kappa shape index (κ1) is 13.7. The van der Waals surface area contributed by atoms with Crippen LogP contribution in [-0.4, -0.2) is 19.1 Å². The minimum Gasteiger partial charge on any atom is -0.469 e. The van der Waals surface area contributed by atoms with Crippen LogP contribution in [0.4, 0.5) is 0 Å². The number of methoxy groups -OCH3 is 1. The average molecular weight is 235 g/mol. The zero-order valence-corrected chi connectivity index (χ0v) is 10.6. The molecule has 0 saturated carbocycles. The van der Waals surface area contributed by atoms with E-state index in [-0.39, 0.29) is 17.9 Å². The van der Waals surface area contributed by atoms with Crippen molar-refractivity contribution in [2.75, 3.05) is 7.11 Å². The van der Waals surface area contributed by atoms with Crippen molar-refractivity contribution in [2.24, 2.45) is 5.73 Å². The van der Waals surface area contributed by atoms with E-state index in [2.05, 4.69) is 0 Å². The fourth-order valence-electron chi connectivity index (χ4n) is 1.89. The molecule has 2 atom stereocenters. The lowest BCUT2D eigenvalue weighted by Crippen LogP contribution is -2.17. The number of esters is 1. The summed E-state index contributed by atoms with van der Waals surface area (Å²) < 4.78 is 4.85. The van der Waals surface area contributed by atoms with Gasteiger partial charge in [0.05, 0.1) is 13.0 Å². The van der Waals surface area contributed by atoms with E-state index < -0.39 is 0 Å². The Balaban J connectivity index is 2.65. The van der Waals surface area contributed by atoms with Crippen LogP contribution < -0.4 is 5.73 Å². The molecule has 1 rings (SSSR count). The maximum Gasteiger partial charge on any atom is 0.313 e. The Labute approximate surface area is 103 Å². The van der Waals surface area contributed by atoms with Crippen LogP contribution in [0.1, 0.15) is 37.7 Å². The van der Waals surface area contributed by atoms with Gasteiger partial charge in [0.1, 0.15) is 0 Å². The molecule has 0 aliphatic heterocycles. The summed E-state index contributed by atoms with van der Waals surface area (Å²) >= 11 is 0. The van der Waals surface area contributed by atoms with Crippen molar-refractivity contribution in [2.45, 2.75) is 38.1 Å². The topological polar surface area (TPSA) is 52.3 Å². The van der Waals surface area contributed by atoms with E-state index in [1.807, 2.05) is 37.3 Å². The van der Waals surface area contributed by atoms with Gasteiger partial charge in [0.15, 0.2) is 0 Å². The van der Waals surface area contributed by atoms with Gasteiger partial charge in [-0.1, -0.05) is 36.8 Å². The lowest BCUT2D eigenvalue weighted by molar-refractivity contribution is -0.142. The molecule has 0 aromatic heterocycles. The number of hydrogen-bond acceptors (Lipinski definition) is 3. The Hall–Kier alpha value is -1.35. The standard InChI is InChI=1S/C14H21NO2/c1-11(15)7-6-10-13(14(16)17-2)12-8-4-3-5-9-12/h3-5,8-9,11,13H,6-7,10,15H2,1-2H3. The van der Waals surface area contributed by atoms with Gasteiger partial charge in [0.25, 0.3) is 0 Å². The number of rotatable bonds is 6. The zero-order chi connectivity index (χ0) is 12.7. The van der Waals surface area contributed by atoms with Gasteiger partial charge in [-0.25, -0.2) is 0 Å². The zero-order valence-electron chi connectivity index (χ0n) is 10.6. The monoisotopic (exact) mass is 235 g/mol. The molecule has 3 heteroatoms. The third kappa shape index (κ3) is 4.57. The summed E-state index contributed by atoms with van der Waals surface area (Å²) in [5.41, 5.74) is 6.73. The second kappa shape index (κ2) is 7.07. The summed E-state index contributed by atoms with van der Waals surface area (Å²) in [4.78, 5) is 11.7. The molecule has 17 heavy (non-hydrogen) atoms. The average Bonchev–Trinajstić information content (AvgIpc) is 2.34. The third-order valence-electron chi connectivity index (χ3n) is 2.84. The van der Waals surface area contributed by atoms with Crippen LogP contribution in [-0.2, 0) is 9.53 Å². The highest BCUT2D eigenvalue weighted by Crippen LogP contribution is 2.23. The second-order valence-electron chi connectivity index (χ2n) is 4.39. The van der Waals surface area contributed by atoms with E-state index in [1.165, 1.54) is 7.11 Å². The summed E-state index contributed by atoms with van der Waals surface area (Å²) in [6, 6.07) is 9.94. The molecule has 0 saturated heterocycles. The lowest BCUT2D eigenvalue weighted by Gasteiger charge is -2.15. The normalized spacial score (nSPS) is 14.1. The maximum absolute atomic E-state index is 11.7. The predicted molar refractivity (Wildman–Crippen MR) is 68.7 cm³/mol. The molecule has 3 nitrogen and oxygen atoms in total. The molecule has 2 N–H and O–H groups in total. The molecular weight excluding hydrogens is 214 g/mol. The Morgan fingerprint density at radius 3 is 2.47 bits per heavy atom. The van der Waals surface area contributed by atoms with E-state index in [0.29, 0.717) is 0 Å². The van der Waals surface area contributed by atoms with Crippen LogP contribution in [0.2, 0.25) is 0 Å². The number of nitrogens with two attached hydrogens (primary N) is 1. The van der Waals surface area contributed by atoms with Gasteiger partial charge in [-0.05, 0) is 25.3 Å². The fraction of sp³-hybridized carbons (Fsp3) is 0.500. The number of carbonyl (C=O) groups excluding carboxylic acids is 1. The lowest BCUT2D eigenvalue weighted by atomic mass is 9.93. The molecular formula is C14H21NO2. The summed E-state index contributed by atoms with van der Waals surface area (Å²) in [5, 5.41) is 0. The van der Waals surface area contributed by atoms with Crippen molar-refractivity contribution < 1.29 is 9.53 Å². The summed E-state index contributed by atoms with van der Waals surface area (Å²) in [6.07, 6.45) is 2.66. The van der Waals surface area contributed by atoms with Crippen molar-refractivity contribution >= 4 is 5.97 Å². The highest BCUT2D eigenvalue weighted by atomic mass is 16.5. The molecule has 1 aromatic carbocycles. The van der Waals surface area contributed by atoms with Gasteiger partial charge in [0.2, 0.25) is 0 Å². The molecule has 2 unspecified atom stereocenters. The minimum absolute atomic E-state index is 0.166. The smallest absolute Gasteiger partial charge is 0.313 e. The van der Waals surface area contributed by atoms with Gasteiger partial charge in [-0.2, -0.15) is 0 Å². The van der Waals surface area contributed by atoms with Gasteiger partial charge < -0.3 is 10.5 Å². The fourth-order valence-corrected chi connectivity index (χ4v) is 1.89. The van der Waals surface area contributed by atoms with E-state index in [0.717, 1.165) is 24.8 Å². The van der Waals surface area contributed by atoms with Crippen LogP contribution in [0.3, 0.4) is 0 Å². The Bertz CT molecular complexity index is 335. The van der Waals surface area contributed by atoms with Crippen molar-refractivity contribution in [1.82, 2.24) is 0 Å². The first-order valence-electron chi connectivity index (χ1n) is 6.03. The van der Waals surface area contributed by atoms with Crippen LogP contribution in [0.15, 0.2) is 30.3 Å². The highest BCUT2D eigenvalue weighted by Gasteiger charge is 2.20. The number of hydrogen-bond donors (Lipinski definition) is 1. The molecule has 0 radical (unpaired) electrons. The van der Waals surface area contributed by atoms with Crippen molar-refractivity contribution in [3.8, 4) is 0 Å². The molecule has 0 amide bonds. The molecule has 0 aliphatic rings. The minimum atomic E-state index is -0.167. The summed E-state index contributed by atoms with van der Waals surface area (Å²) in [7, 11) is 1.43. The Morgan fingerprint density at radius 1 is 1.29 bits per heavy atom. The van der Waals surface area contributed by atoms with Gasteiger partial charge in [-0.3, -0.25) is 4.79 Å². The van der Waals surface area contributed by atoms with E-state index in [4.69, 9.17) is 10.5 Å². The summed E-state index contributed by atoms with van der Waals surface area (Å²) in [6.45, 7) is 1.98.